The number of nitrogens with one attached hydrogen (secondary N) is 8. The molecule has 0 bridgehead atoms. The third-order valence-electron chi connectivity index (χ3n) is 11.3. The summed E-state index contributed by atoms with van der Waals surface area (Å²) in [5.74, 6) is 8.99. The highest BCUT2D eigenvalue weighted by Gasteiger charge is 2.02. The molecule has 452 valence electrons. The Bertz CT molecular complexity index is 3540. The summed E-state index contributed by atoms with van der Waals surface area (Å²) in [7, 11) is 0. The fraction of sp³-hybridized carbons (Fsp3) is 0.323. The van der Waals surface area contributed by atoms with Crippen LogP contribution in [0.25, 0.3) is 44.4 Å². The molecule has 24 heteroatoms. The van der Waals surface area contributed by atoms with Crippen LogP contribution in [0, 0.1) is 138 Å². The average Bonchev–Trinajstić information content (AvgIpc) is 4.42. The predicted molar refractivity (Wildman–Crippen MR) is 343 cm³/mol. The number of aromatic nitrogens is 22. The minimum absolute atomic E-state index is 0.734. The SMILES string of the molecule is Cc1cc(C)[nH]n1.Cc1cc2nc(C)[nH]c2cn1.Cc1ccc2[nH]c(C)nc2n1.Cc1ccc2nc(C)[nH]c2c1.Cc1cnc(C)[nH]1.Cc1cnc(C)[nH]1.Cc1cnc(C)o1.Cc1cnc(C)s1.Cc1cnc2nc(C)[nH]c2c1.Cc1n[nH]c(C)n1. The lowest BCUT2D eigenvalue weighted by atomic mass is 10.2. The van der Waals surface area contributed by atoms with Crippen molar-refractivity contribution in [2.45, 2.75) is 138 Å². The molecular weight excluding hydrogens is 1100 g/mol. The van der Waals surface area contributed by atoms with Gasteiger partial charge in [-0.05, 0) is 185 Å². The summed E-state index contributed by atoms with van der Waals surface area (Å²) < 4.78 is 4.97. The van der Waals surface area contributed by atoms with Crippen molar-refractivity contribution in [1.82, 2.24) is 110 Å². The van der Waals surface area contributed by atoms with E-state index in [9.17, 15) is 0 Å². The second-order valence-electron chi connectivity index (χ2n) is 20.3. The quantitative estimate of drug-likeness (QED) is 0.0700. The topological polar surface area (TPSA) is 320 Å². The largest absolute Gasteiger partial charge is 0.446 e. The molecule has 0 aliphatic carbocycles. The summed E-state index contributed by atoms with van der Waals surface area (Å²) in [6, 6.07) is 16.2. The molecule has 13 heterocycles. The molecule has 0 spiro atoms. The maximum atomic E-state index is 4.97. The van der Waals surface area contributed by atoms with Crippen molar-refractivity contribution in [2.75, 3.05) is 0 Å². The molecule has 0 atom stereocenters. The van der Waals surface area contributed by atoms with E-state index in [0.29, 0.717) is 0 Å². The Morgan fingerprint density at radius 2 is 0.953 bits per heavy atom. The van der Waals surface area contributed by atoms with Crippen LogP contribution < -0.4 is 0 Å². The van der Waals surface area contributed by atoms with Gasteiger partial charge in [-0.2, -0.15) is 10.2 Å². The van der Waals surface area contributed by atoms with Crippen molar-refractivity contribution in [2.24, 2.45) is 0 Å². The molecule has 0 saturated carbocycles. The number of thiazole rings is 1. The van der Waals surface area contributed by atoms with Gasteiger partial charge in [0.05, 0.1) is 56.2 Å². The third-order valence-corrected chi connectivity index (χ3v) is 12.1. The van der Waals surface area contributed by atoms with E-state index in [-0.39, 0.29) is 0 Å². The fourth-order valence-corrected chi connectivity index (χ4v) is 8.33. The molecule has 86 heavy (non-hydrogen) atoms. The lowest BCUT2D eigenvalue weighted by Gasteiger charge is -1.89. The highest BCUT2D eigenvalue weighted by Crippen LogP contribution is 2.14. The monoisotopic (exact) mass is 1180 g/mol. The minimum atomic E-state index is 0.734. The van der Waals surface area contributed by atoms with Gasteiger partial charge in [-0.3, -0.25) is 15.2 Å². The minimum Gasteiger partial charge on any atom is -0.446 e. The Kier molecular flexibility index (Phi) is 25.6. The maximum absolute atomic E-state index is 4.97. The van der Waals surface area contributed by atoms with Gasteiger partial charge in [0.15, 0.2) is 17.2 Å². The van der Waals surface area contributed by atoms with Crippen LogP contribution in [-0.4, -0.2) is 110 Å². The number of rotatable bonds is 0. The van der Waals surface area contributed by atoms with Gasteiger partial charge in [-0.25, -0.2) is 54.8 Å². The van der Waals surface area contributed by atoms with E-state index in [0.717, 1.165) is 147 Å². The van der Waals surface area contributed by atoms with Gasteiger partial charge in [0.1, 0.15) is 52.4 Å². The zero-order valence-electron chi connectivity index (χ0n) is 53.2. The first-order valence-electron chi connectivity index (χ1n) is 27.6. The average molecular weight is 1180 g/mol. The zero-order valence-corrected chi connectivity index (χ0v) is 54.0. The van der Waals surface area contributed by atoms with Crippen LogP contribution in [0.5, 0.6) is 0 Å². The van der Waals surface area contributed by atoms with E-state index in [1.165, 1.54) is 10.4 Å². The molecule has 8 N–H and O–H groups in total. The van der Waals surface area contributed by atoms with Gasteiger partial charge in [-0.15, -0.1) is 11.3 Å². The van der Waals surface area contributed by atoms with Crippen LogP contribution in [0.2, 0.25) is 0 Å². The normalized spacial score (nSPS) is 10.1. The molecule has 0 amide bonds. The van der Waals surface area contributed by atoms with Crippen LogP contribution in [-0.2, 0) is 0 Å². The summed E-state index contributed by atoms with van der Waals surface area (Å²) >= 11 is 1.73. The van der Waals surface area contributed by atoms with Gasteiger partial charge in [0, 0.05) is 65.1 Å². The Morgan fingerprint density at radius 1 is 0.349 bits per heavy atom. The van der Waals surface area contributed by atoms with Crippen LogP contribution in [0.1, 0.15) is 113 Å². The van der Waals surface area contributed by atoms with Crippen molar-refractivity contribution >= 4 is 55.7 Å². The molecule has 14 rings (SSSR count). The summed E-state index contributed by atoms with van der Waals surface area (Å²) in [4.78, 5) is 69.2. The van der Waals surface area contributed by atoms with Gasteiger partial charge < -0.3 is 34.3 Å². The van der Waals surface area contributed by atoms with E-state index in [2.05, 4.69) is 136 Å². The summed E-state index contributed by atoms with van der Waals surface area (Å²) in [6.45, 7) is 39.1. The Hall–Kier alpha value is -9.84. The molecule has 0 aliphatic heterocycles. The van der Waals surface area contributed by atoms with Gasteiger partial charge in [0.25, 0.3) is 0 Å². The number of hydrogen-bond donors (Lipinski definition) is 8. The van der Waals surface area contributed by atoms with Crippen molar-refractivity contribution in [3.05, 3.63) is 199 Å². The zero-order chi connectivity index (χ0) is 63.0. The highest BCUT2D eigenvalue weighted by molar-refractivity contribution is 7.11. The number of nitrogens with zero attached hydrogens (tertiary/aromatic N) is 14. The highest BCUT2D eigenvalue weighted by atomic mass is 32.1. The van der Waals surface area contributed by atoms with E-state index in [1.807, 2.05) is 192 Å². The fourth-order valence-electron chi connectivity index (χ4n) is 7.65. The summed E-state index contributed by atoms with van der Waals surface area (Å²) in [5, 5.41) is 14.3. The third kappa shape index (κ3) is 24.2. The molecule has 0 fully saturated rings. The van der Waals surface area contributed by atoms with Crippen molar-refractivity contribution in [1.29, 1.82) is 0 Å². The molecule has 0 aliphatic rings. The number of aromatic amines is 8. The first-order valence-corrected chi connectivity index (χ1v) is 28.5. The first-order chi connectivity index (χ1) is 40.7. The van der Waals surface area contributed by atoms with Crippen LogP contribution in [0.4, 0.5) is 0 Å². The Balaban J connectivity index is 0.000000176. The van der Waals surface area contributed by atoms with Crippen LogP contribution in [0.15, 0.2) is 90.1 Å². The van der Waals surface area contributed by atoms with Crippen molar-refractivity contribution in [3.63, 3.8) is 0 Å². The van der Waals surface area contributed by atoms with Crippen molar-refractivity contribution < 1.29 is 4.42 Å². The number of fused-ring (bicyclic) bond motifs is 4. The molecule has 13 aromatic heterocycles. The van der Waals surface area contributed by atoms with E-state index in [1.54, 1.807) is 17.5 Å². The van der Waals surface area contributed by atoms with Crippen LogP contribution >= 0.6 is 11.3 Å². The number of aryl methyl sites for hydroxylation is 20. The molecule has 0 saturated heterocycles. The maximum Gasteiger partial charge on any atom is 0.191 e. The van der Waals surface area contributed by atoms with Crippen molar-refractivity contribution in [3.8, 4) is 0 Å². The molecule has 0 radical (unpaired) electrons. The van der Waals surface area contributed by atoms with E-state index >= 15 is 0 Å². The summed E-state index contributed by atoms with van der Waals surface area (Å²) in [5.41, 5.74) is 16.7. The molecule has 0 unspecified atom stereocenters. The molecule has 1 aromatic carbocycles. The van der Waals surface area contributed by atoms with Gasteiger partial charge >= 0.3 is 0 Å². The number of oxazole rings is 1. The van der Waals surface area contributed by atoms with Gasteiger partial charge in [-0.1, -0.05) is 6.07 Å². The first kappa shape index (κ1) is 67.0. The second kappa shape index (κ2) is 32.9. The number of pyridine rings is 3. The summed E-state index contributed by atoms with van der Waals surface area (Å²) in [6.07, 6.45) is 10.9. The van der Waals surface area contributed by atoms with E-state index < -0.39 is 0 Å². The lowest BCUT2D eigenvalue weighted by molar-refractivity contribution is 0.494. The molecule has 23 nitrogen and oxygen atoms in total. The smallest absolute Gasteiger partial charge is 0.191 e. The number of imidazole rings is 6. The Labute approximate surface area is 505 Å². The lowest BCUT2D eigenvalue weighted by Crippen LogP contribution is -1.80. The Morgan fingerprint density at radius 3 is 1.41 bits per heavy atom. The van der Waals surface area contributed by atoms with E-state index in [4.69, 9.17) is 4.42 Å². The number of hydrogen-bond acceptors (Lipinski definition) is 16. The predicted octanol–water partition coefficient (Wildman–Crippen LogP) is 13.5. The number of H-pyrrole nitrogens is 8. The molecule has 14 aromatic rings. The number of benzene rings is 1. The van der Waals surface area contributed by atoms with Crippen LogP contribution in [0.3, 0.4) is 0 Å². The second-order valence-corrected chi connectivity index (χ2v) is 21.7. The van der Waals surface area contributed by atoms with Gasteiger partial charge in [0.2, 0.25) is 0 Å². The molecular formula is C62H82N22OS. The standard InChI is InChI=1S/C9H10N2.3C8H9N3.3C5H8N2.C5H7NO.C5H7NS.C4H7N3/c1-6-3-4-8-9(5-6)11-7(2)10-8;1-5-3-7-8(4-9-5)11-6(2)10-7;1-5-3-7-8(9-4-5)11-6(2)10-7;1-5-3-4-7-8(9-5)11-6(2)10-7;2*1-4-3-6-5(2)7-4;1-4-3-5(2)7-6-4;2*1-4-3-6-5(2)7-4;1-3-5-4(2)7-6-3/h3-5H,1-2H3,(H,10,11);3-4H,1-2H3,(H,10,11);2*3-4H,1-2H3,(H,9,10,11);3*3H,1-2H3,(H,6,7);2*3H,1-2H3;1-2H3,(H,5,6,7).